The number of esters is 2. The molecule has 39 heavy (non-hydrogen) atoms. The Labute approximate surface area is 233 Å². The molecule has 2 fully saturated rings. The van der Waals surface area contributed by atoms with Crippen LogP contribution in [0, 0.1) is 0 Å². The summed E-state index contributed by atoms with van der Waals surface area (Å²) in [6.07, 6.45) is 2.90. The number of carbonyl (C=O) groups is 3. The summed E-state index contributed by atoms with van der Waals surface area (Å²) in [5.74, 6) is -0.987. The Kier molecular flexibility index (Phi) is 9.02. The number of rotatable bonds is 9. The number of benzene rings is 2. The van der Waals surface area contributed by atoms with E-state index in [0.29, 0.717) is 24.3 Å². The molecule has 0 aromatic heterocycles. The van der Waals surface area contributed by atoms with Gasteiger partial charge in [-0.25, -0.2) is 4.79 Å². The number of hydrogen-bond acceptors (Lipinski definition) is 9. The van der Waals surface area contributed by atoms with Crippen LogP contribution in [-0.4, -0.2) is 76.2 Å². The minimum absolute atomic E-state index is 0.0662. The van der Waals surface area contributed by atoms with Crippen LogP contribution in [0.3, 0.4) is 0 Å². The van der Waals surface area contributed by atoms with E-state index >= 15 is 0 Å². The SMILES string of the molecule is COc1cc(OC)c([C@@H]2CCN(C)[C@H]2COC(C)=O)c(OC(=O)c2ccc(N3CCCC3)cc2Cl)c1C(C)=O. The molecular formula is C29H35ClN2O7. The van der Waals surface area contributed by atoms with E-state index in [4.69, 9.17) is 30.5 Å². The zero-order valence-electron chi connectivity index (χ0n) is 23.0. The molecule has 9 nitrogen and oxygen atoms in total. The third-order valence-electron chi connectivity index (χ3n) is 7.53. The lowest BCUT2D eigenvalue weighted by molar-refractivity contribution is -0.142. The average Bonchev–Trinajstić information content (AvgIpc) is 3.56. The lowest BCUT2D eigenvalue weighted by atomic mass is 9.87. The van der Waals surface area contributed by atoms with Crippen molar-refractivity contribution in [2.75, 3.05) is 52.4 Å². The normalized spacial score (nSPS) is 19.2. The van der Waals surface area contributed by atoms with E-state index in [0.717, 1.165) is 31.6 Å². The van der Waals surface area contributed by atoms with Crippen LogP contribution in [0.4, 0.5) is 5.69 Å². The summed E-state index contributed by atoms with van der Waals surface area (Å²) in [5.41, 5.74) is 1.81. The number of Topliss-reactive ketones (excluding diaryl/α,β-unsaturated/α-hetero) is 1. The number of carbonyl (C=O) groups excluding carboxylic acids is 3. The fourth-order valence-corrected chi connectivity index (χ4v) is 5.78. The molecule has 0 radical (unpaired) electrons. The van der Waals surface area contributed by atoms with Crippen LogP contribution in [0.5, 0.6) is 17.2 Å². The molecule has 210 valence electrons. The van der Waals surface area contributed by atoms with Crippen molar-refractivity contribution >= 4 is 35.0 Å². The molecule has 2 atom stereocenters. The lowest BCUT2D eigenvalue weighted by Crippen LogP contribution is -2.34. The van der Waals surface area contributed by atoms with Gasteiger partial charge in [0.2, 0.25) is 0 Å². The molecule has 0 aliphatic carbocycles. The Morgan fingerprint density at radius 3 is 2.28 bits per heavy atom. The van der Waals surface area contributed by atoms with E-state index in [1.807, 2.05) is 13.1 Å². The Morgan fingerprint density at radius 1 is 1.00 bits per heavy atom. The number of hydrogen-bond donors (Lipinski definition) is 0. The number of likely N-dealkylation sites (N-methyl/N-ethyl adjacent to an activating group) is 1. The van der Waals surface area contributed by atoms with Crippen LogP contribution < -0.4 is 19.1 Å². The van der Waals surface area contributed by atoms with Crippen molar-refractivity contribution in [3.05, 3.63) is 46.0 Å². The van der Waals surface area contributed by atoms with Crippen molar-refractivity contribution in [2.24, 2.45) is 0 Å². The maximum atomic E-state index is 13.6. The van der Waals surface area contributed by atoms with E-state index < -0.39 is 5.97 Å². The largest absolute Gasteiger partial charge is 0.496 e. The predicted molar refractivity (Wildman–Crippen MR) is 148 cm³/mol. The Balaban J connectivity index is 1.79. The van der Waals surface area contributed by atoms with Crippen molar-refractivity contribution in [2.45, 2.75) is 45.1 Å². The van der Waals surface area contributed by atoms with Crippen LogP contribution in [0.15, 0.2) is 24.3 Å². The first kappa shape index (κ1) is 28.7. The number of ether oxygens (including phenoxy) is 4. The summed E-state index contributed by atoms with van der Waals surface area (Å²) in [6.45, 7) is 5.48. The van der Waals surface area contributed by atoms with Crippen LogP contribution in [0.1, 0.15) is 65.3 Å². The Morgan fingerprint density at radius 2 is 1.69 bits per heavy atom. The van der Waals surface area contributed by atoms with Gasteiger partial charge in [0.25, 0.3) is 0 Å². The fraction of sp³-hybridized carbons (Fsp3) is 0.483. The average molecular weight is 559 g/mol. The summed E-state index contributed by atoms with van der Waals surface area (Å²) < 4.78 is 22.6. The van der Waals surface area contributed by atoms with Crippen LogP contribution in [0.2, 0.25) is 5.02 Å². The van der Waals surface area contributed by atoms with Gasteiger partial charge >= 0.3 is 11.9 Å². The summed E-state index contributed by atoms with van der Waals surface area (Å²) in [6, 6.07) is 6.67. The molecule has 10 heteroatoms. The molecule has 2 heterocycles. The summed E-state index contributed by atoms with van der Waals surface area (Å²) in [5, 5.41) is 0.263. The molecule has 2 aliphatic rings. The molecular weight excluding hydrogens is 524 g/mol. The van der Waals surface area contributed by atoms with Crippen molar-refractivity contribution < 1.29 is 33.3 Å². The number of anilines is 1. The molecule has 0 bridgehead atoms. The second kappa shape index (κ2) is 12.3. The van der Waals surface area contributed by atoms with Gasteiger partial charge in [0.05, 0.1) is 30.8 Å². The van der Waals surface area contributed by atoms with Crippen molar-refractivity contribution in [1.82, 2.24) is 4.90 Å². The maximum Gasteiger partial charge on any atom is 0.345 e. The van der Waals surface area contributed by atoms with Gasteiger partial charge in [-0.05, 0) is 58.0 Å². The Bertz CT molecular complexity index is 1260. The third-order valence-corrected chi connectivity index (χ3v) is 7.84. The summed E-state index contributed by atoms with van der Waals surface area (Å²) >= 11 is 6.57. The van der Waals surface area contributed by atoms with Crippen LogP contribution in [-0.2, 0) is 9.53 Å². The quantitative estimate of drug-likeness (QED) is 0.246. The van der Waals surface area contributed by atoms with E-state index in [9.17, 15) is 14.4 Å². The van der Waals surface area contributed by atoms with Gasteiger partial charge in [-0.15, -0.1) is 0 Å². The van der Waals surface area contributed by atoms with E-state index in [-0.39, 0.29) is 58.0 Å². The van der Waals surface area contributed by atoms with Crippen molar-refractivity contribution in [3.8, 4) is 17.2 Å². The van der Waals surface area contributed by atoms with Crippen molar-refractivity contribution in [3.63, 3.8) is 0 Å². The molecule has 2 aromatic carbocycles. The minimum atomic E-state index is -0.699. The van der Waals surface area contributed by atoms with Gasteiger partial charge in [0.15, 0.2) is 11.5 Å². The predicted octanol–water partition coefficient (Wildman–Crippen LogP) is 4.73. The van der Waals surface area contributed by atoms with Crippen LogP contribution in [0.25, 0.3) is 0 Å². The smallest absolute Gasteiger partial charge is 0.345 e. The topological polar surface area (TPSA) is 94.6 Å². The molecule has 0 saturated carbocycles. The first-order valence-corrected chi connectivity index (χ1v) is 13.4. The van der Waals surface area contributed by atoms with Crippen LogP contribution >= 0.6 is 11.6 Å². The highest BCUT2D eigenvalue weighted by atomic mass is 35.5. The summed E-state index contributed by atoms with van der Waals surface area (Å²) in [4.78, 5) is 42.4. The number of likely N-dealkylation sites (tertiary alicyclic amines) is 1. The van der Waals surface area contributed by atoms with E-state index in [1.165, 1.54) is 28.1 Å². The van der Waals surface area contributed by atoms with E-state index in [1.54, 1.807) is 18.2 Å². The molecule has 4 rings (SSSR count). The summed E-state index contributed by atoms with van der Waals surface area (Å²) in [7, 11) is 4.88. The van der Waals surface area contributed by atoms with Gasteiger partial charge in [-0.2, -0.15) is 0 Å². The highest BCUT2D eigenvalue weighted by molar-refractivity contribution is 6.34. The molecule has 0 N–H and O–H groups in total. The molecule has 2 aliphatic heterocycles. The standard InChI is InChI=1S/C29H35ClN2O7/c1-17(33)26-24(36-4)15-25(37-5)27(21-10-13-31(3)23(21)16-38-18(2)34)28(26)39-29(35)20-9-8-19(14-22(20)30)32-11-6-7-12-32/h8-9,14-15,21,23H,6-7,10-13,16H2,1-5H3/t21-,23+/m1/s1. The first-order valence-electron chi connectivity index (χ1n) is 13.1. The van der Waals surface area contributed by atoms with Crippen molar-refractivity contribution in [1.29, 1.82) is 0 Å². The minimum Gasteiger partial charge on any atom is -0.496 e. The second-order valence-corrected chi connectivity index (χ2v) is 10.4. The first-order chi connectivity index (χ1) is 18.7. The van der Waals surface area contributed by atoms with Gasteiger partial charge in [0.1, 0.15) is 23.7 Å². The molecule has 2 aromatic rings. The number of halogens is 1. The molecule has 0 amide bonds. The Hall–Kier alpha value is -3.30. The zero-order chi connectivity index (χ0) is 28.3. The number of ketones is 1. The zero-order valence-corrected chi connectivity index (χ0v) is 23.8. The molecule has 0 unspecified atom stereocenters. The van der Waals surface area contributed by atoms with Gasteiger partial charge in [-0.3, -0.25) is 14.5 Å². The van der Waals surface area contributed by atoms with Gasteiger partial charge in [0, 0.05) is 43.2 Å². The maximum absolute atomic E-state index is 13.6. The number of nitrogens with zero attached hydrogens (tertiary/aromatic N) is 2. The highest BCUT2D eigenvalue weighted by Crippen LogP contribution is 2.48. The lowest BCUT2D eigenvalue weighted by Gasteiger charge is -2.28. The monoisotopic (exact) mass is 558 g/mol. The van der Waals surface area contributed by atoms with Gasteiger partial charge in [-0.1, -0.05) is 11.6 Å². The third kappa shape index (κ3) is 5.99. The fourth-order valence-electron chi connectivity index (χ4n) is 5.53. The highest BCUT2D eigenvalue weighted by Gasteiger charge is 2.40. The van der Waals surface area contributed by atoms with E-state index in [2.05, 4.69) is 9.80 Å². The molecule has 2 saturated heterocycles. The second-order valence-electron chi connectivity index (χ2n) is 9.95. The van der Waals surface area contributed by atoms with Gasteiger partial charge < -0.3 is 23.8 Å². The number of methoxy groups -OCH3 is 2. The molecule has 0 spiro atoms.